The first-order valence-corrected chi connectivity index (χ1v) is 12.8. The summed E-state index contributed by atoms with van der Waals surface area (Å²) in [6.07, 6.45) is 6.01. The van der Waals surface area contributed by atoms with Crippen molar-refractivity contribution in [2.24, 2.45) is 0 Å². The average Bonchev–Trinajstić information content (AvgIpc) is 2.77. The summed E-state index contributed by atoms with van der Waals surface area (Å²) in [4.78, 5) is 11.9. The van der Waals surface area contributed by atoms with Gasteiger partial charge in [-0.1, -0.05) is 64.7 Å². The Morgan fingerprint density at radius 3 is 2.09 bits per heavy atom. The normalized spacial score (nSPS) is 12.5. The second-order valence-corrected chi connectivity index (χ2v) is 9.16. The first-order valence-electron chi connectivity index (χ1n) is 11.7. The average molecular weight is 478 g/mol. The summed E-state index contributed by atoms with van der Waals surface area (Å²) in [5.41, 5.74) is 0.210. The fourth-order valence-electron chi connectivity index (χ4n) is 3.12. The molecule has 1 amide bonds. The first kappa shape index (κ1) is 28.6. The number of carbonyl (C=O) groups is 1. The zero-order chi connectivity index (χ0) is 23.7. The SMILES string of the molecule is CCCCCCCCCCCCSCCOc1ccc(C(=O)NCC(O)C(F)(F)F)cc1. The number of benzene rings is 1. The smallest absolute Gasteiger partial charge is 0.416 e. The number of carbonyl (C=O) groups excluding carboxylic acids is 1. The molecule has 0 aliphatic carbocycles. The lowest BCUT2D eigenvalue weighted by atomic mass is 10.1. The Morgan fingerprint density at radius 2 is 1.53 bits per heavy atom. The number of hydrogen-bond donors (Lipinski definition) is 2. The summed E-state index contributed by atoms with van der Waals surface area (Å²) in [6.45, 7) is 1.93. The van der Waals surface area contributed by atoms with Crippen molar-refractivity contribution in [2.75, 3.05) is 24.7 Å². The predicted octanol–water partition coefficient (Wildman–Crippen LogP) is 6.37. The van der Waals surface area contributed by atoms with Crippen LogP contribution in [-0.2, 0) is 0 Å². The van der Waals surface area contributed by atoms with Crippen LogP contribution in [0.5, 0.6) is 5.75 Å². The van der Waals surface area contributed by atoms with Crippen LogP contribution < -0.4 is 10.1 Å². The minimum absolute atomic E-state index is 0.210. The monoisotopic (exact) mass is 477 g/mol. The molecule has 1 aromatic carbocycles. The number of alkyl halides is 3. The number of thioether (sulfide) groups is 1. The van der Waals surface area contributed by atoms with Gasteiger partial charge in [0, 0.05) is 11.3 Å². The minimum atomic E-state index is -4.75. The molecule has 1 aromatic rings. The highest BCUT2D eigenvalue weighted by atomic mass is 32.2. The summed E-state index contributed by atoms with van der Waals surface area (Å²) in [5.74, 6) is 1.95. The number of ether oxygens (including phenoxy) is 1. The zero-order valence-electron chi connectivity index (χ0n) is 19.1. The molecular weight excluding hydrogens is 439 g/mol. The quantitative estimate of drug-likeness (QED) is 0.241. The standard InChI is InChI=1S/C24H38F3NO3S/c1-2-3-4-5-6-7-8-9-10-11-17-32-18-16-31-21-14-12-20(13-15-21)23(30)28-19-22(29)24(25,26)27/h12-15,22,29H,2-11,16-19H2,1H3,(H,28,30). The Morgan fingerprint density at radius 1 is 0.969 bits per heavy atom. The van der Waals surface area contributed by atoms with Crippen molar-refractivity contribution < 1.29 is 27.8 Å². The maximum absolute atomic E-state index is 12.3. The maximum atomic E-state index is 12.3. The van der Waals surface area contributed by atoms with Crippen molar-refractivity contribution >= 4 is 17.7 Å². The molecule has 1 unspecified atom stereocenters. The van der Waals surface area contributed by atoms with Crippen LogP contribution >= 0.6 is 11.8 Å². The van der Waals surface area contributed by atoms with E-state index in [9.17, 15) is 18.0 Å². The second-order valence-electron chi connectivity index (χ2n) is 7.93. The van der Waals surface area contributed by atoms with Crippen LogP contribution in [0.3, 0.4) is 0 Å². The van der Waals surface area contributed by atoms with Gasteiger partial charge in [0.25, 0.3) is 5.91 Å². The van der Waals surface area contributed by atoms with E-state index in [0.29, 0.717) is 12.4 Å². The van der Waals surface area contributed by atoms with Crippen molar-refractivity contribution in [3.63, 3.8) is 0 Å². The van der Waals surface area contributed by atoms with Gasteiger partial charge in [-0.05, 0) is 36.4 Å². The van der Waals surface area contributed by atoms with Crippen molar-refractivity contribution in [2.45, 2.75) is 83.4 Å². The van der Waals surface area contributed by atoms with E-state index in [-0.39, 0.29) is 5.56 Å². The molecule has 8 heteroatoms. The fraction of sp³-hybridized carbons (Fsp3) is 0.708. The molecular formula is C24H38F3NO3S. The predicted molar refractivity (Wildman–Crippen MR) is 126 cm³/mol. The lowest BCUT2D eigenvalue weighted by Crippen LogP contribution is -2.40. The largest absolute Gasteiger partial charge is 0.493 e. The number of aliphatic hydroxyl groups is 1. The third kappa shape index (κ3) is 13.9. The number of hydrogen-bond acceptors (Lipinski definition) is 4. The summed E-state index contributed by atoms with van der Waals surface area (Å²) in [5, 5.41) is 11.0. The van der Waals surface area contributed by atoms with Gasteiger partial charge < -0.3 is 15.2 Å². The molecule has 1 rings (SSSR count). The van der Waals surface area contributed by atoms with Crippen molar-refractivity contribution in [1.82, 2.24) is 5.32 Å². The molecule has 0 bridgehead atoms. The van der Waals surface area contributed by atoms with Gasteiger partial charge in [-0.25, -0.2) is 0 Å². The Kier molecular flexibility index (Phi) is 15.3. The Bertz CT molecular complexity index is 612. The van der Waals surface area contributed by atoms with Crippen LogP contribution in [0, 0.1) is 0 Å². The molecule has 2 N–H and O–H groups in total. The van der Waals surface area contributed by atoms with Crippen LogP contribution in [0.25, 0.3) is 0 Å². The Balaban J connectivity index is 2.03. The van der Waals surface area contributed by atoms with E-state index < -0.39 is 24.7 Å². The molecule has 0 saturated carbocycles. The zero-order valence-corrected chi connectivity index (χ0v) is 19.9. The molecule has 0 spiro atoms. The van der Waals surface area contributed by atoms with Crippen LogP contribution in [0.2, 0.25) is 0 Å². The minimum Gasteiger partial charge on any atom is -0.493 e. The maximum Gasteiger partial charge on any atom is 0.416 e. The lowest BCUT2D eigenvalue weighted by molar-refractivity contribution is -0.201. The lowest BCUT2D eigenvalue weighted by Gasteiger charge is -2.15. The summed E-state index contributed by atoms with van der Waals surface area (Å²) >= 11 is 1.86. The van der Waals surface area contributed by atoms with E-state index in [1.165, 1.54) is 76.3 Å². The molecule has 0 fully saturated rings. The Hall–Kier alpha value is -1.41. The highest BCUT2D eigenvalue weighted by Gasteiger charge is 2.38. The number of nitrogens with one attached hydrogen (secondary N) is 1. The summed E-state index contributed by atoms with van der Waals surface area (Å²) in [7, 11) is 0. The van der Waals surface area contributed by atoms with Gasteiger partial charge in [-0.15, -0.1) is 0 Å². The summed E-state index contributed by atoms with van der Waals surface area (Å²) < 4.78 is 42.4. The molecule has 184 valence electrons. The van der Waals surface area contributed by atoms with E-state index in [0.717, 1.165) is 11.5 Å². The van der Waals surface area contributed by atoms with Crippen LogP contribution in [-0.4, -0.2) is 48.0 Å². The van der Waals surface area contributed by atoms with E-state index in [4.69, 9.17) is 9.84 Å². The Labute approximate surface area is 194 Å². The molecule has 4 nitrogen and oxygen atoms in total. The molecule has 0 aliphatic heterocycles. The van der Waals surface area contributed by atoms with E-state index in [1.54, 1.807) is 12.1 Å². The van der Waals surface area contributed by atoms with Crippen LogP contribution in [0.15, 0.2) is 24.3 Å². The third-order valence-corrected chi connectivity index (χ3v) is 6.12. The number of rotatable bonds is 18. The second kappa shape index (κ2) is 17.1. The van der Waals surface area contributed by atoms with Crippen molar-refractivity contribution in [1.29, 1.82) is 0 Å². The van der Waals surface area contributed by atoms with Crippen LogP contribution in [0.1, 0.15) is 81.5 Å². The molecule has 0 radical (unpaired) electrons. The molecule has 32 heavy (non-hydrogen) atoms. The van der Waals surface area contributed by atoms with Crippen molar-refractivity contribution in [3.8, 4) is 5.75 Å². The molecule has 0 aliphatic rings. The number of aliphatic hydroxyl groups excluding tert-OH is 1. The molecule has 0 aromatic heterocycles. The van der Waals surface area contributed by atoms with Gasteiger partial charge >= 0.3 is 6.18 Å². The highest BCUT2D eigenvalue weighted by Crippen LogP contribution is 2.19. The molecule has 0 saturated heterocycles. The van der Waals surface area contributed by atoms with Crippen LogP contribution in [0.4, 0.5) is 13.2 Å². The highest BCUT2D eigenvalue weighted by molar-refractivity contribution is 7.99. The topological polar surface area (TPSA) is 58.6 Å². The van der Waals surface area contributed by atoms with Gasteiger partial charge in [0.1, 0.15) is 5.75 Å². The number of amides is 1. The van der Waals surface area contributed by atoms with Gasteiger partial charge in [0.2, 0.25) is 0 Å². The van der Waals surface area contributed by atoms with Gasteiger partial charge in [-0.2, -0.15) is 24.9 Å². The molecule has 1 atom stereocenters. The first-order chi connectivity index (χ1) is 15.3. The van der Waals surface area contributed by atoms with Crippen molar-refractivity contribution in [3.05, 3.63) is 29.8 Å². The summed E-state index contributed by atoms with van der Waals surface area (Å²) in [6, 6.07) is 6.20. The number of unbranched alkanes of at least 4 members (excludes halogenated alkanes) is 9. The fourth-order valence-corrected chi connectivity index (χ4v) is 3.94. The van der Waals surface area contributed by atoms with Gasteiger partial charge in [-0.3, -0.25) is 4.79 Å². The van der Waals surface area contributed by atoms with E-state index >= 15 is 0 Å². The van der Waals surface area contributed by atoms with E-state index in [1.807, 2.05) is 11.8 Å². The molecule has 0 heterocycles. The van der Waals surface area contributed by atoms with E-state index in [2.05, 4.69) is 12.2 Å². The van der Waals surface area contributed by atoms with Gasteiger partial charge in [0.15, 0.2) is 6.10 Å². The third-order valence-electron chi connectivity index (χ3n) is 5.09. The van der Waals surface area contributed by atoms with Gasteiger partial charge in [0.05, 0.1) is 13.2 Å². The number of halogens is 3.